The number of nitrogens with zero attached hydrogens (tertiary/aromatic N) is 2. The number of carbonyl (C=O) groups is 1. The zero-order valence-electron chi connectivity index (χ0n) is 13.0. The maximum atomic E-state index is 11.9. The van der Waals surface area contributed by atoms with Crippen LogP contribution in [0.5, 0.6) is 0 Å². The molecule has 120 valence electrons. The van der Waals surface area contributed by atoms with Crippen molar-refractivity contribution in [2.75, 3.05) is 5.75 Å². The minimum Gasteiger partial charge on any atom is -0.410 e. The van der Waals surface area contributed by atoms with Crippen LogP contribution in [-0.4, -0.2) is 27.9 Å². The number of hydrogen-bond acceptors (Lipinski definition) is 6. The van der Waals surface area contributed by atoms with Crippen LogP contribution in [0.25, 0.3) is 10.8 Å². The molecular weight excluding hydrogens is 318 g/mol. The highest BCUT2D eigenvalue weighted by Gasteiger charge is 2.13. The topological polar surface area (TPSA) is 68.0 Å². The van der Waals surface area contributed by atoms with Crippen LogP contribution in [0, 0.1) is 5.92 Å². The van der Waals surface area contributed by atoms with Crippen LogP contribution < -0.4 is 5.32 Å². The van der Waals surface area contributed by atoms with Crippen molar-refractivity contribution in [2.24, 2.45) is 5.92 Å². The SMILES string of the molecule is CC(C)CC[C@@H](C)NC(=O)CSc1nnc(-c2cccs2)o1. The second-order valence-electron chi connectivity index (χ2n) is 5.58. The first-order valence-electron chi connectivity index (χ1n) is 7.34. The molecule has 1 amide bonds. The number of carbonyl (C=O) groups excluding carboxylic acids is 1. The maximum Gasteiger partial charge on any atom is 0.277 e. The van der Waals surface area contributed by atoms with Gasteiger partial charge in [-0.15, -0.1) is 21.5 Å². The van der Waals surface area contributed by atoms with Gasteiger partial charge in [0, 0.05) is 6.04 Å². The van der Waals surface area contributed by atoms with Gasteiger partial charge in [0.25, 0.3) is 11.1 Å². The summed E-state index contributed by atoms with van der Waals surface area (Å²) in [6, 6.07) is 4.05. The number of nitrogens with one attached hydrogen (secondary N) is 1. The molecule has 7 heteroatoms. The second-order valence-corrected chi connectivity index (χ2v) is 7.45. The summed E-state index contributed by atoms with van der Waals surface area (Å²) in [4.78, 5) is 12.8. The molecule has 0 radical (unpaired) electrons. The number of hydrogen-bond donors (Lipinski definition) is 1. The van der Waals surface area contributed by atoms with E-state index in [9.17, 15) is 4.79 Å². The van der Waals surface area contributed by atoms with Crippen LogP contribution in [0.15, 0.2) is 27.2 Å². The van der Waals surface area contributed by atoms with Crippen molar-refractivity contribution in [1.29, 1.82) is 0 Å². The Hall–Kier alpha value is -1.34. The van der Waals surface area contributed by atoms with Crippen molar-refractivity contribution < 1.29 is 9.21 Å². The lowest BCUT2D eigenvalue weighted by atomic mass is 10.0. The molecule has 0 aromatic carbocycles. The zero-order valence-corrected chi connectivity index (χ0v) is 14.7. The van der Waals surface area contributed by atoms with Gasteiger partial charge in [0.15, 0.2) is 0 Å². The van der Waals surface area contributed by atoms with E-state index in [0.717, 1.165) is 17.7 Å². The molecule has 0 saturated heterocycles. The van der Waals surface area contributed by atoms with E-state index < -0.39 is 0 Å². The van der Waals surface area contributed by atoms with Gasteiger partial charge in [0.2, 0.25) is 5.91 Å². The molecule has 2 heterocycles. The van der Waals surface area contributed by atoms with E-state index in [2.05, 4.69) is 29.4 Å². The Bertz CT molecular complexity index is 581. The summed E-state index contributed by atoms with van der Waals surface area (Å²) in [5.74, 6) is 1.45. The Kier molecular flexibility index (Phi) is 6.45. The first kappa shape index (κ1) is 17.0. The highest BCUT2D eigenvalue weighted by molar-refractivity contribution is 7.99. The minimum atomic E-state index is -0.00266. The van der Waals surface area contributed by atoms with Crippen LogP contribution in [0.3, 0.4) is 0 Å². The molecule has 5 nitrogen and oxygen atoms in total. The average Bonchev–Trinajstić information content (AvgIpc) is 3.13. The molecule has 2 aromatic rings. The van der Waals surface area contributed by atoms with E-state index in [0.29, 0.717) is 17.0 Å². The van der Waals surface area contributed by atoms with E-state index in [1.54, 1.807) is 11.3 Å². The molecule has 0 unspecified atom stereocenters. The fraction of sp³-hybridized carbons (Fsp3) is 0.533. The molecule has 0 aliphatic heterocycles. The van der Waals surface area contributed by atoms with Gasteiger partial charge in [-0.25, -0.2) is 0 Å². The van der Waals surface area contributed by atoms with E-state index >= 15 is 0 Å². The molecule has 0 aliphatic rings. The quantitative estimate of drug-likeness (QED) is 0.740. The summed E-state index contributed by atoms with van der Waals surface area (Å²) in [6.07, 6.45) is 2.11. The van der Waals surface area contributed by atoms with Gasteiger partial charge < -0.3 is 9.73 Å². The van der Waals surface area contributed by atoms with E-state index in [1.807, 2.05) is 24.4 Å². The van der Waals surface area contributed by atoms with Crippen molar-refractivity contribution >= 4 is 29.0 Å². The number of thioether (sulfide) groups is 1. The molecule has 2 rings (SSSR count). The van der Waals surface area contributed by atoms with Gasteiger partial charge in [-0.05, 0) is 37.1 Å². The van der Waals surface area contributed by atoms with Crippen molar-refractivity contribution in [3.05, 3.63) is 17.5 Å². The van der Waals surface area contributed by atoms with Crippen LogP contribution in [-0.2, 0) is 4.79 Å². The maximum absolute atomic E-state index is 11.9. The highest BCUT2D eigenvalue weighted by Crippen LogP contribution is 2.26. The molecule has 0 fully saturated rings. The normalized spacial score (nSPS) is 12.5. The molecule has 1 atom stereocenters. The van der Waals surface area contributed by atoms with Gasteiger partial charge in [-0.3, -0.25) is 4.79 Å². The number of amides is 1. The fourth-order valence-electron chi connectivity index (χ4n) is 1.87. The zero-order chi connectivity index (χ0) is 15.9. The van der Waals surface area contributed by atoms with Crippen LogP contribution >= 0.6 is 23.1 Å². The van der Waals surface area contributed by atoms with Crippen molar-refractivity contribution in [2.45, 2.75) is 44.9 Å². The largest absolute Gasteiger partial charge is 0.410 e. The molecule has 0 spiro atoms. The van der Waals surface area contributed by atoms with Gasteiger partial charge >= 0.3 is 0 Å². The van der Waals surface area contributed by atoms with Gasteiger partial charge in [-0.2, -0.15) is 0 Å². The lowest BCUT2D eigenvalue weighted by Gasteiger charge is -2.14. The Labute approximate surface area is 138 Å². The first-order valence-corrected chi connectivity index (χ1v) is 9.20. The predicted molar refractivity (Wildman–Crippen MR) is 90.0 cm³/mol. The van der Waals surface area contributed by atoms with Gasteiger partial charge in [0.1, 0.15) is 0 Å². The lowest BCUT2D eigenvalue weighted by molar-refractivity contribution is -0.119. The fourth-order valence-corrected chi connectivity index (χ4v) is 3.09. The number of rotatable bonds is 8. The van der Waals surface area contributed by atoms with Crippen LogP contribution in [0.2, 0.25) is 0 Å². The standard InChI is InChI=1S/C15H21N3O2S2/c1-10(2)6-7-11(3)16-13(19)9-22-15-18-17-14(20-15)12-5-4-8-21-12/h4-5,8,10-11H,6-7,9H2,1-3H3,(H,16,19)/t11-/m1/s1. The monoisotopic (exact) mass is 339 g/mol. The Morgan fingerprint density at radius 3 is 2.86 bits per heavy atom. The van der Waals surface area contributed by atoms with Crippen LogP contribution in [0.4, 0.5) is 0 Å². The van der Waals surface area contributed by atoms with E-state index in [-0.39, 0.29) is 17.7 Å². The summed E-state index contributed by atoms with van der Waals surface area (Å²) in [7, 11) is 0. The predicted octanol–water partition coefficient (Wildman–Crippen LogP) is 3.83. The number of aromatic nitrogens is 2. The van der Waals surface area contributed by atoms with Crippen molar-refractivity contribution in [3.8, 4) is 10.8 Å². The molecular formula is C15H21N3O2S2. The summed E-state index contributed by atoms with van der Waals surface area (Å²) in [5, 5.41) is 13.3. The van der Waals surface area contributed by atoms with E-state index in [1.165, 1.54) is 11.8 Å². The summed E-state index contributed by atoms with van der Waals surface area (Å²) >= 11 is 2.81. The van der Waals surface area contributed by atoms with Gasteiger partial charge in [0.05, 0.1) is 10.6 Å². The van der Waals surface area contributed by atoms with Gasteiger partial charge in [-0.1, -0.05) is 31.7 Å². The molecule has 0 saturated carbocycles. The highest BCUT2D eigenvalue weighted by atomic mass is 32.2. The van der Waals surface area contributed by atoms with Crippen LogP contribution in [0.1, 0.15) is 33.6 Å². The lowest BCUT2D eigenvalue weighted by Crippen LogP contribution is -2.34. The molecule has 0 aliphatic carbocycles. The smallest absolute Gasteiger partial charge is 0.277 e. The molecule has 22 heavy (non-hydrogen) atoms. The third-order valence-corrected chi connectivity index (χ3v) is 4.73. The third kappa shape index (κ3) is 5.46. The Morgan fingerprint density at radius 2 is 2.18 bits per heavy atom. The van der Waals surface area contributed by atoms with Crippen molar-refractivity contribution in [3.63, 3.8) is 0 Å². The molecule has 1 N–H and O–H groups in total. The first-order chi connectivity index (χ1) is 10.5. The minimum absolute atomic E-state index is 0.00266. The van der Waals surface area contributed by atoms with E-state index in [4.69, 9.17) is 4.42 Å². The summed E-state index contributed by atoms with van der Waals surface area (Å²) in [5.41, 5.74) is 0. The van der Waals surface area contributed by atoms with Crippen molar-refractivity contribution in [1.82, 2.24) is 15.5 Å². The third-order valence-electron chi connectivity index (χ3n) is 3.05. The number of thiophene rings is 1. The second kappa shape index (κ2) is 8.33. The Balaban J connectivity index is 1.74. The molecule has 2 aromatic heterocycles. The Morgan fingerprint density at radius 1 is 1.36 bits per heavy atom. The average molecular weight is 339 g/mol. The summed E-state index contributed by atoms with van der Waals surface area (Å²) < 4.78 is 5.53. The summed E-state index contributed by atoms with van der Waals surface area (Å²) in [6.45, 7) is 6.41. The molecule has 0 bridgehead atoms.